The molecule has 0 bridgehead atoms. The summed E-state index contributed by atoms with van der Waals surface area (Å²) in [5, 5.41) is 3.39. The minimum Gasteiger partial charge on any atom is -0.377 e. The molecule has 17 heavy (non-hydrogen) atoms. The quantitative estimate of drug-likeness (QED) is 0.701. The molecule has 0 aliphatic carbocycles. The molecule has 0 atom stereocenters. The molecule has 96 valence electrons. The van der Waals surface area contributed by atoms with Gasteiger partial charge in [-0.25, -0.2) is 0 Å². The molecule has 0 aliphatic rings. The van der Waals surface area contributed by atoms with Gasteiger partial charge in [0.1, 0.15) is 0 Å². The normalized spacial score (nSPS) is 10.7. The van der Waals surface area contributed by atoms with Crippen LogP contribution < -0.4 is 5.32 Å². The van der Waals surface area contributed by atoms with E-state index in [0.717, 1.165) is 30.6 Å². The van der Waals surface area contributed by atoms with E-state index >= 15 is 0 Å². The monoisotopic (exact) mass is 299 g/mol. The van der Waals surface area contributed by atoms with E-state index in [4.69, 9.17) is 4.74 Å². The number of nitrogens with one attached hydrogen (secondary N) is 1. The molecule has 1 N–H and O–H groups in total. The van der Waals surface area contributed by atoms with Crippen molar-refractivity contribution in [3.63, 3.8) is 0 Å². The van der Waals surface area contributed by atoms with E-state index in [9.17, 15) is 0 Å². The van der Waals surface area contributed by atoms with Crippen LogP contribution in [0.15, 0.2) is 28.7 Å². The first-order chi connectivity index (χ1) is 8.34. The predicted molar refractivity (Wildman–Crippen MR) is 76.2 cm³/mol. The van der Waals surface area contributed by atoms with Crippen LogP contribution in [-0.4, -0.2) is 19.7 Å². The molecular formula is C14H22BrNO. The van der Waals surface area contributed by atoms with Gasteiger partial charge in [0, 0.05) is 11.1 Å². The number of unbranched alkanes of at least 4 members (excludes halogenated alkanes) is 1. The molecule has 0 saturated heterocycles. The summed E-state index contributed by atoms with van der Waals surface area (Å²) in [5.74, 6) is 0. The van der Waals surface area contributed by atoms with Crippen LogP contribution in [0.1, 0.15) is 31.7 Å². The van der Waals surface area contributed by atoms with Gasteiger partial charge >= 0.3 is 0 Å². The number of rotatable bonds is 9. The first-order valence-electron chi connectivity index (χ1n) is 6.36. The molecular weight excluding hydrogens is 278 g/mol. The molecule has 1 rings (SSSR count). The highest BCUT2D eigenvalue weighted by Gasteiger charge is 1.97. The molecule has 0 heterocycles. The van der Waals surface area contributed by atoms with Gasteiger partial charge in [0.05, 0.1) is 6.61 Å². The van der Waals surface area contributed by atoms with Crippen LogP contribution in [-0.2, 0) is 11.3 Å². The number of hydrogen-bond donors (Lipinski definition) is 1. The summed E-state index contributed by atoms with van der Waals surface area (Å²) in [6, 6.07) is 8.20. The SMILES string of the molecule is CCCNCCCCOCc1ccccc1Br. The minimum atomic E-state index is 0.698. The fourth-order valence-corrected chi connectivity index (χ4v) is 1.95. The molecule has 0 unspecified atom stereocenters. The first-order valence-corrected chi connectivity index (χ1v) is 7.15. The second-order valence-corrected chi connectivity index (χ2v) is 4.96. The maximum Gasteiger partial charge on any atom is 0.0727 e. The Balaban J connectivity index is 1.99. The molecule has 0 aromatic heterocycles. The Kier molecular flexibility index (Phi) is 8.32. The zero-order valence-corrected chi connectivity index (χ0v) is 12.1. The van der Waals surface area contributed by atoms with Crippen molar-refractivity contribution in [3.8, 4) is 0 Å². The van der Waals surface area contributed by atoms with Crippen LogP contribution in [0.3, 0.4) is 0 Å². The minimum absolute atomic E-state index is 0.698. The van der Waals surface area contributed by atoms with Gasteiger partial charge in [-0.15, -0.1) is 0 Å². The standard InChI is InChI=1S/C14H22BrNO/c1-2-9-16-10-5-6-11-17-12-13-7-3-4-8-14(13)15/h3-4,7-8,16H,2,5-6,9-12H2,1H3. The van der Waals surface area contributed by atoms with Gasteiger partial charge in [-0.1, -0.05) is 41.1 Å². The van der Waals surface area contributed by atoms with Crippen LogP contribution >= 0.6 is 15.9 Å². The van der Waals surface area contributed by atoms with E-state index in [1.165, 1.54) is 18.4 Å². The van der Waals surface area contributed by atoms with Gasteiger partial charge in [0.2, 0.25) is 0 Å². The number of halogens is 1. The Hall–Kier alpha value is -0.380. The summed E-state index contributed by atoms with van der Waals surface area (Å²) in [6.07, 6.45) is 3.52. The molecule has 0 spiro atoms. The van der Waals surface area contributed by atoms with Crippen LogP contribution in [0.25, 0.3) is 0 Å². The molecule has 0 saturated carbocycles. The highest BCUT2D eigenvalue weighted by Crippen LogP contribution is 2.16. The second-order valence-electron chi connectivity index (χ2n) is 4.10. The topological polar surface area (TPSA) is 21.3 Å². The molecule has 0 amide bonds. The van der Waals surface area contributed by atoms with Crippen molar-refractivity contribution < 1.29 is 4.74 Å². The lowest BCUT2D eigenvalue weighted by molar-refractivity contribution is 0.117. The van der Waals surface area contributed by atoms with Crippen LogP contribution in [0, 0.1) is 0 Å². The molecule has 2 nitrogen and oxygen atoms in total. The maximum atomic E-state index is 5.65. The summed E-state index contributed by atoms with van der Waals surface area (Å²) < 4.78 is 6.78. The third-order valence-electron chi connectivity index (χ3n) is 2.53. The fourth-order valence-electron chi connectivity index (χ4n) is 1.55. The third-order valence-corrected chi connectivity index (χ3v) is 3.31. The van der Waals surface area contributed by atoms with E-state index in [1.54, 1.807) is 0 Å². The fraction of sp³-hybridized carbons (Fsp3) is 0.571. The summed E-state index contributed by atoms with van der Waals surface area (Å²) >= 11 is 3.52. The second kappa shape index (κ2) is 9.63. The van der Waals surface area contributed by atoms with Gasteiger partial charge in [-0.05, 0) is 44.0 Å². The van der Waals surface area contributed by atoms with E-state index in [1.807, 2.05) is 18.2 Å². The third kappa shape index (κ3) is 6.81. The summed E-state index contributed by atoms with van der Waals surface area (Å²) in [6.45, 7) is 5.96. The zero-order valence-electron chi connectivity index (χ0n) is 10.5. The van der Waals surface area contributed by atoms with Crippen molar-refractivity contribution in [2.45, 2.75) is 32.8 Å². The summed E-state index contributed by atoms with van der Waals surface area (Å²) in [7, 11) is 0. The van der Waals surface area contributed by atoms with Crippen molar-refractivity contribution in [2.24, 2.45) is 0 Å². The highest BCUT2D eigenvalue weighted by atomic mass is 79.9. The van der Waals surface area contributed by atoms with Crippen molar-refractivity contribution in [1.82, 2.24) is 5.32 Å². The van der Waals surface area contributed by atoms with Crippen LogP contribution in [0.5, 0.6) is 0 Å². The molecule has 0 radical (unpaired) electrons. The smallest absolute Gasteiger partial charge is 0.0727 e. The van der Waals surface area contributed by atoms with E-state index < -0.39 is 0 Å². The van der Waals surface area contributed by atoms with Gasteiger partial charge in [0.15, 0.2) is 0 Å². The largest absolute Gasteiger partial charge is 0.377 e. The summed E-state index contributed by atoms with van der Waals surface area (Å²) in [5.41, 5.74) is 1.22. The molecule has 0 fully saturated rings. The average molecular weight is 300 g/mol. The lowest BCUT2D eigenvalue weighted by Gasteiger charge is -2.06. The number of ether oxygens (including phenoxy) is 1. The van der Waals surface area contributed by atoms with Crippen LogP contribution in [0.2, 0.25) is 0 Å². The zero-order chi connectivity index (χ0) is 12.3. The van der Waals surface area contributed by atoms with Crippen molar-refractivity contribution in [1.29, 1.82) is 0 Å². The first kappa shape index (κ1) is 14.7. The Labute approximate surface area is 113 Å². The molecule has 1 aromatic carbocycles. The van der Waals surface area contributed by atoms with Crippen molar-refractivity contribution in [2.75, 3.05) is 19.7 Å². The Morgan fingerprint density at radius 1 is 1.18 bits per heavy atom. The van der Waals surface area contributed by atoms with Gasteiger partial charge < -0.3 is 10.1 Å². The number of hydrogen-bond acceptors (Lipinski definition) is 2. The molecule has 1 aromatic rings. The molecule has 3 heteroatoms. The Morgan fingerprint density at radius 2 is 2.00 bits per heavy atom. The maximum absolute atomic E-state index is 5.65. The van der Waals surface area contributed by atoms with Gasteiger partial charge in [-0.2, -0.15) is 0 Å². The molecule has 0 aliphatic heterocycles. The lowest BCUT2D eigenvalue weighted by Crippen LogP contribution is -2.16. The lowest BCUT2D eigenvalue weighted by atomic mass is 10.2. The van der Waals surface area contributed by atoms with Crippen LogP contribution in [0.4, 0.5) is 0 Å². The number of benzene rings is 1. The summed E-state index contributed by atoms with van der Waals surface area (Å²) in [4.78, 5) is 0. The highest BCUT2D eigenvalue weighted by molar-refractivity contribution is 9.10. The van der Waals surface area contributed by atoms with E-state index in [-0.39, 0.29) is 0 Å². The van der Waals surface area contributed by atoms with Crippen molar-refractivity contribution >= 4 is 15.9 Å². The predicted octanol–water partition coefficient (Wildman–Crippen LogP) is 3.75. The van der Waals surface area contributed by atoms with E-state index in [0.29, 0.717) is 6.61 Å². The van der Waals surface area contributed by atoms with Gasteiger partial charge in [0.25, 0.3) is 0 Å². The Morgan fingerprint density at radius 3 is 2.76 bits per heavy atom. The van der Waals surface area contributed by atoms with E-state index in [2.05, 4.69) is 34.2 Å². The Bertz CT molecular complexity index is 304. The van der Waals surface area contributed by atoms with Crippen molar-refractivity contribution in [3.05, 3.63) is 34.3 Å². The van der Waals surface area contributed by atoms with Gasteiger partial charge in [-0.3, -0.25) is 0 Å². The average Bonchev–Trinajstić information content (AvgIpc) is 2.35.